The largest absolute Gasteiger partial charge is 0.497 e. The first-order valence-corrected chi connectivity index (χ1v) is 4.20. The van der Waals surface area contributed by atoms with E-state index in [4.69, 9.17) is 26.2 Å². The summed E-state index contributed by atoms with van der Waals surface area (Å²) in [6.07, 6.45) is 0. The Hall–Kier alpha value is -1.26. The summed E-state index contributed by atoms with van der Waals surface area (Å²) in [5.41, 5.74) is 0. The van der Waals surface area contributed by atoms with Crippen molar-refractivity contribution in [1.82, 2.24) is 0 Å². The first kappa shape index (κ1) is 10.8. The third-order valence-electron chi connectivity index (χ3n) is 1.49. The second-order valence-corrected chi connectivity index (χ2v) is 2.84. The van der Waals surface area contributed by atoms with Gasteiger partial charge in [-0.3, -0.25) is 0 Å². The lowest BCUT2D eigenvalue weighted by Gasteiger charge is -2.06. The van der Waals surface area contributed by atoms with Crippen LogP contribution in [0.25, 0.3) is 0 Å². The maximum absolute atomic E-state index is 10.8. The molecular weight excluding hydrogens is 208 g/mol. The van der Waals surface area contributed by atoms with E-state index in [2.05, 4.69) is 0 Å². The molecule has 0 spiro atoms. The van der Waals surface area contributed by atoms with Gasteiger partial charge in [-0.25, -0.2) is 4.79 Å². The van der Waals surface area contributed by atoms with Gasteiger partial charge in [-0.05, 0) is 12.1 Å². The van der Waals surface area contributed by atoms with Crippen LogP contribution in [0.5, 0.6) is 11.5 Å². The SMILES string of the molecule is COc1ccc(Cl)c(OC(=O)CO)c1. The minimum Gasteiger partial charge on any atom is -0.497 e. The highest BCUT2D eigenvalue weighted by molar-refractivity contribution is 6.32. The minimum absolute atomic E-state index is 0.171. The highest BCUT2D eigenvalue weighted by Crippen LogP contribution is 2.28. The van der Waals surface area contributed by atoms with Crippen LogP contribution in [-0.4, -0.2) is 24.8 Å². The summed E-state index contributed by atoms with van der Waals surface area (Å²) in [5.74, 6) is -0.0691. The van der Waals surface area contributed by atoms with Gasteiger partial charge in [0.2, 0.25) is 0 Å². The van der Waals surface area contributed by atoms with Gasteiger partial charge in [-0.15, -0.1) is 0 Å². The van der Waals surface area contributed by atoms with E-state index in [0.717, 1.165) is 0 Å². The Labute approximate surface area is 86.0 Å². The maximum atomic E-state index is 10.8. The Morgan fingerprint density at radius 1 is 1.57 bits per heavy atom. The van der Waals surface area contributed by atoms with Crippen molar-refractivity contribution in [2.45, 2.75) is 0 Å². The Balaban J connectivity index is 2.89. The number of methoxy groups -OCH3 is 1. The highest BCUT2D eigenvalue weighted by Gasteiger charge is 2.08. The topological polar surface area (TPSA) is 55.8 Å². The predicted octanol–water partition coefficient (Wildman–Crippen LogP) is 1.25. The van der Waals surface area contributed by atoms with Crippen LogP contribution in [0.1, 0.15) is 0 Å². The molecule has 76 valence electrons. The van der Waals surface area contributed by atoms with Gasteiger partial charge >= 0.3 is 5.97 Å². The standard InChI is InChI=1S/C9H9ClO4/c1-13-6-2-3-7(10)8(4-6)14-9(12)5-11/h2-4,11H,5H2,1H3. The second kappa shape index (κ2) is 4.83. The Morgan fingerprint density at radius 3 is 2.86 bits per heavy atom. The van der Waals surface area contributed by atoms with E-state index in [1.165, 1.54) is 13.2 Å². The fourth-order valence-corrected chi connectivity index (χ4v) is 1.000. The highest BCUT2D eigenvalue weighted by atomic mass is 35.5. The smallest absolute Gasteiger partial charge is 0.337 e. The van der Waals surface area contributed by atoms with Crippen molar-refractivity contribution in [2.75, 3.05) is 13.7 Å². The number of hydrogen-bond donors (Lipinski definition) is 1. The number of carbonyl (C=O) groups excluding carboxylic acids is 1. The molecule has 0 amide bonds. The molecule has 0 unspecified atom stereocenters. The van der Waals surface area contributed by atoms with Gasteiger partial charge in [-0.1, -0.05) is 11.6 Å². The van der Waals surface area contributed by atoms with Crippen LogP contribution in [0.15, 0.2) is 18.2 Å². The third kappa shape index (κ3) is 2.61. The summed E-state index contributed by atoms with van der Waals surface area (Å²) >= 11 is 5.74. The molecule has 0 bridgehead atoms. The molecule has 0 saturated heterocycles. The normalized spacial score (nSPS) is 9.64. The monoisotopic (exact) mass is 216 g/mol. The molecule has 5 heteroatoms. The molecular formula is C9H9ClO4. The van der Waals surface area contributed by atoms with E-state index in [-0.39, 0.29) is 10.8 Å². The number of hydrogen-bond acceptors (Lipinski definition) is 4. The van der Waals surface area contributed by atoms with E-state index >= 15 is 0 Å². The van der Waals surface area contributed by atoms with Gasteiger partial charge in [-0.2, -0.15) is 0 Å². The molecule has 0 aliphatic carbocycles. The van der Waals surface area contributed by atoms with Gasteiger partial charge in [0.15, 0.2) is 5.75 Å². The summed E-state index contributed by atoms with van der Waals surface area (Å²) in [4.78, 5) is 10.8. The first-order valence-electron chi connectivity index (χ1n) is 3.82. The Morgan fingerprint density at radius 2 is 2.29 bits per heavy atom. The molecule has 0 aliphatic rings. The van der Waals surface area contributed by atoms with Crippen LogP contribution >= 0.6 is 11.6 Å². The lowest BCUT2D eigenvalue weighted by atomic mass is 10.3. The number of aliphatic hydroxyl groups excluding tert-OH is 1. The molecule has 0 saturated carbocycles. The quantitative estimate of drug-likeness (QED) is 0.610. The Bertz CT molecular complexity index is 338. The van der Waals surface area contributed by atoms with Crippen LogP contribution in [0, 0.1) is 0 Å². The molecule has 1 aromatic rings. The third-order valence-corrected chi connectivity index (χ3v) is 1.80. The van der Waals surface area contributed by atoms with E-state index in [1.807, 2.05) is 0 Å². The van der Waals surface area contributed by atoms with Crippen molar-refractivity contribution in [3.8, 4) is 11.5 Å². The van der Waals surface area contributed by atoms with E-state index in [1.54, 1.807) is 12.1 Å². The number of carbonyl (C=O) groups is 1. The zero-order valence-electron chi connectivity index (χ0n) is 7.49. The number of halogens is 1. The molecule has 0 fully saturated rings. The van der Waals surface area contributed by atoms with Gasteiger partial charge in [0.25, 0.3) is 0 Å². The summed E-state index contributed by atoms with van der Waals surface area (Å²) in [6.45, 7) is -0.687. The van der Waals surface area contributed by atoms with Crippen molar-refractivity contribution in [2.24, 2.45) is 0 Å². The molecule has 1 rings (SSSR count). The molecule has 0 aromatic heterocycles. The number of rotatable bonds is 3. The average Bonchev–Trinajstić information content (AvgIpc) is 2.21. The van der Waals surface area contributed by atoms with Crippen molar-refractivity contribution in [1.29, 1.82) is 0 Å². The first-order chi connectivity index (χ1) is 6.67. The molecule has 1 aromatic carbocycles. The summed E-state index contributed by atoms with van der Waals surface area (Å²) in [5, 5.41) is 8.75. The maximum Gasteiger partial charge on any atom is 0.337 e. The lowest BCUT2D eigenvalue weighted by molar-refractivity contribution is -0.137. The van der Waals surface area contributed by atoms with E-state index in [9.17, 15) is 4.79 Å². The van der Waals surface area contributed by atoms with Crippen LogP contribution in [-0.2, 0) is 4.79 Å². The predicted molar refractivity (Wildman–Crippen MR) is 50.7 cm³/mol. The van der Waals surface area contributed by atoms with Crippen LogP contribution in [0.3, 0.4) is 0 Å². The molecule has 0 aliphatic heterocycles. The van der Waals surface area contributed by atoms with Crippen molar-refractivity contribution >= 4 is 17.6 Å². The number of aliphatic hydroxyl groups is 1. The minimum atomic E-state index is -0.764. The molecule has 0 heterocycles. The van der Waals surface area contributed by atoms with Crippen molar-refractivity contribution in [3.63, 3.8) is 0 Å². The summed E-state index contributed by atoms with van der Waals surface area (Å²) in [6, 6.07) is 4.65. The van der Waals surface area contributed by atoms with E-state index in [0.29, 0.717) is 5.75 Å². The van der Waals surface area contributed by atoms with Crippen molar-refractivity contribution < 1.29 is 19.4 Å². The molecule has 14 heavy (non-hydrogen) atoms. The van der Waals surface area contributed by atoms with Gasteiger partial charge in [0.05, 0.1) is 12.1 Å². The average molecular weight is 217 g/mol. The molecule has 0 atom stereocenters. The van der Waals surface area contributed by atoms with Gasteiger partial charge < -0.3 is 14.6 Å². The zero-order chi connectivity index (χ0) is 10.6. The second-order valence-electron chi connectivity index (χ2n) is 2.43. The lowest BCUT2D eigenvalue weighted by Crippen LogP contribution is -2.12. The summed E-state index contributed by atoms with van der Waals surface area (Å²) in [7, 11) is 1.49. The molecule has 0 radical (unpaired) electrons. The number of ether oxygens (including phenoxy) is 2. The number of esters is 1. The zero-order valence-corrected chi connectivity index (χ0v) is 8.25. The van der Waals surface area contributed by atoms with Crippen LogP contribution in [0.2, 0.25) is 5.02 Å². The van der Waals surface area contributed by atoms with Gasteiger partial charge in [0, 0.05) is 6.07 Å². The van der Waals surface area contributed by atoms with E-state index < -0.39 is 12.6 Å². The fraction of sp³-hybridized carbons (Fsp3) is 0.222. The molecule has 1 N–H and O–H groups in total. The van der Waals surface area contributed by atoms with Crippen LogP contribution in [0.4, 0.5) is 0 Å². The van der Waals surface area contributed by atoms with Crippen molar-refractivity contribution in [3.05, 3.63) is 23.2 Å². The Kier molecular flexibility index (Phi) is 3.73. The fourth-order valence-electron chi connectivity index (χ4n) is 0.844. The van der Waals surface area contributed by atoms with Crippen LogP contribution < -0.4 is 9.47 Å². The van der Waals surface area contributed by atoms with Gasteiger partial charge in [0.1, 0.15) is 12.4 Å². The number of benzene rings is 1. The summed E-state index contributed by atoms with van der Waals surface area (Å²) < 4.78 is 9.65. The molecule has 4 nitrogen and oxygen atoms in total.